The Bertz CT molecular complexity index is 1110. The zero-order chi connectivity index (χ0) is 24.1. The Morgan fingerprint density at radius 3 is 2.44 bits per heavy atom. The molecular formula is C26H35N3O4S. The number of amides is 1. The van der Waals surface area contributed by atoms with Crippen LogP contribution in [-0.4, -0.2) is 56.3 Å². The monoisotopic (exact) mass is 485 g/mol. The van der Waals surface area contributed by atoms with Gasteiger partial charge in [0.1, 0.15) is 10.6 Å². The number of hydrogen-bond donors (Lipinski definition) is 1. The summed E-state index contributed by atoms with van der Waals surface area (Å²) >= 11 is 0. The van der Waals surface area contributed by atoms with Gasteiger partial charge in [-0.05, 0) is 75.0 Å². The largest absolute Gasteiger partial charge is 0.495 e. The molecule has 184 valence electrons. The molecule has 2 aliphatic heterocycles. The summed E-state index contributed by atoms with van der Waals surface area (Å²) < 4.78 is 33.8. The number of carbonyl (C=O) groups is 1. The number of carbonyl (C=O) groups excluding carboxylic acids is 1. The number of rotatable bonds is 8. The van der Waals surface area contributed by atoms with Gasteiger partial charge < -0.3 is 10.1 Å². The fourth-order valence-electron chi connectivity index (χ4n) is 4.92. The van der Waals surface area contributed by atoms with Gasteiger partial charge in [-0.3, -0.25) is 9.69 Å². The van der Waals surface area contributed by atoms with Crippen LogP contribution in [0.15, 0.2) is 47.4 Å². The number of ether oxygens (including phenoxy) is 1. The Morgan fingerprint density at radius 1 is 1.03 bits per heavy atom. The highest BCUT2D eigenvalue weighted by atomic mass is 32.2. The number of piperidine rings is 1. The van der Waals surface area contributed by atoms with Crippen molar-refractivity contribution < 1.29 is 17.9 Å². The molecule has 0 spiro atoms. The first-order valence-electron chi connectivity index (χ1n) is 12.2. The number of hydrogen-bond acceptors (Lipinski definition) is 5. The Hall–Kier alpha value is -2.42. The molecule has 7 nitrogen and oxygen atoms in total. The normalized spacial score (nSPS) is 19.8. The van der Waals surface area contributed by atoms with Gasteiger partial charge in [0.2, 0.25) is 10.0 Å². The van der Waals surface area contributed by atoms with Gasteiger partial charge in [-0.25, -0.2) is 8.42 Å². The van der Waals surface area contributed by atoms with Crippen LogP contribution < -0.4 is 10.1 Å². The minimum Gasteiger partial charge on any atom is -0.495 e. The van der Waals surface area contributed by atoms with E-state index in [1.807, 2.05) is 25.1 Å². The van der Waals surface area contributed by atoms with Crippen LogP contribution >= 0.6 is 0 Å². The summed E-state index contributed by atoms with van der Waals surface area (Å²) in [5.41, 5.74) is 2.59. The predicted octanol–water partition coefficient (Wildman–Crippen LogP) is 3.78. The van der Waals surface area contributed by atoms with E-state index >= 15 is 0 Å². The van der Waals surface area contributed by atoms with Gasteiger partial charge in [0, 0.05) is 31.2 Å². The first kappa shape index (κ1) is 24.7. The molecule has 2 aromatic rings. The quantitative estimate of drug-likeness (QED) is 0.616. The van der Waals surface area contributed by atoms with Crippen LogP contribution in [0.3, 0.4) is 0 Å². The van der Waals surface area contributed by atoms with E-state index in [-0.39, 0.29) is 22.6 Å². The molecule has 2 fully saturated rings. The maximum atomic E-state index is 13.5. The standard InChI is InChI=1S/C26H35N3O4S/c1-20-9-5-6-16-29(20)34(31,32)25-17-21(12-13-24(25)33-2)26(30)27-18-22-10-3-4-11-23(22)19-28-14-7-8-15-28/h3-4,10-13,17,20H,5-9,14-16,18-19H2,1-2H3,(H,27,30)/t20-/m1/s1. The molecule has 0 aliphatic carbocycles. The highest BCUT2D eigenvalue weighted by Crippen LogP contribution is 2.31. The lowest BCUT2D eigenvalue weighted by atomic mass is 10.1. The van der Waals surface area contributed by atoms with Crippen molar-refractivity contribution in [2.24, 2.45) is 0 Å². The Labute approximate surface area is 203 Å². The smallest absolute Gasteiger partial charge is 0.251 e. The van der Waals surface area contributed by atoms with Crippen molar-refractivity contribution in [3.63, 3.8) is 0 Å². The number of nitrogens with one attached hydrogen (secondary N) is 1. The summed E-state index contributed by atoms with van der Waals surface area (Å²) in [6.07, 6.45) is 5.16. The molecule has 0 saturated carbocycles. The van der Waals surface area contributed by atoms with Crippen LogP contribution in [0.5, 0.6) is 5.75 Å². The van der Waals surface area contributed by atoms with E-state index in [0.29, 0.717) is 18.7 Å². The molecule has 0 bridgehead atoms. The number of benzene rings is 2. The SMILES string of the molecule is COc1ccc(C(=O)NCc2ccccc2CN2CCCC2)cc1S(=O)(=O)N1CCCC[C@H]1C. The zero-order valence-corrected chi connectivity index (χ0v) is 20.9. The van der Waals surface area contributed by atoms with Crippen molar-refractivity contribution in [3.8, 4) is 5.75 Å². The maximum Gasteiger partial charge on any atom is 0.251 e. The van der Waals surface area contributed by atoms with E-state index in [1.165, 1.54) is 35.9 Å². The van der Waals surface area contributed by atoms with Gasteiger partial charge in [-0.1, -0.05) is 30.7 Å². The summed E-state index contributed by atoms with van der Waals surface area (Å²) in [4.78, 5) is 15.5. The average molecular weight is 486 g/mol. The Kier molecular flexibility index (Phi) is 7.91. The predicted molar refractivity (Wildman–Crippen MR) is 132 cm³/mol. The van der Waals surface area contributed by atoms with Gasteiger partial charge in [0.15, 0.2) is 0 Å². The number of sulfonamides is 1. The lowest BCUT2D eigenvalue weighted by Crippen LogP contribution is -2.42. The van der Waals surface area contributed by atoms with Crippen LogP contribution in [0.2, 0.25) is 0 Å². The van der Waals surface area contributed by atoms with E-state index < -0.39 is 10.0 Å². The number of nitrogens with zero attached hydrogens (tertiary/aromatic N) is 2. The summed E-state index contributed by atoms with van der Waals surface area (Å²) in [6.45, 7) is 5.90. The summed E-state index contributed by atoms with van der Waals surface area (Å²) in [5.74, 6) is -0.0490. The van der Waals surface area contributed by atoms with Crippen molar-refractivity contribution in [3.05, 3.63) is 59.2 Å². The fourth-order valence-corrected chi connectivity index (χ4v) is 6.80. The highest BCUT2D eigenvalue weighted by Gasteiger charge is 2.33. The summed E-state index contributed by atoms with van der Waals surface area (Å²) in [6, 6.07) is 12.7. The van der Waals surface area contributed by atoms with E-state index in [9.17, 15) is 13.2 Å². The van der Waals surface area contributed by atoms with Crippen molar-refractivity contribution in [2.45, 2.75) is 63.1 Å². The number of methoxy groups -OCH3 is 1. The van der Waals surface area contributed by atoms with E-state index in [2.05, 4.69) is 16.3 Å². The molecule has 34 heavy (non-hydrogen) atoms. The van der Waals surface area contributed by atoms with E-state index in [0.717, 1.165) is 44.5 Å². The molecule has 1 atom stereocenters. The van der Waals surface area contributed by atoms with Crippen LogP contribution in [0.25, 0.3) is 0 Å². The average Bonchev–Trinajstić information content (AvgIpc) is 3.36. The maximum absolute atomic E-state index is 13.5. The minimum absolute atomic E-state index is 0.0471. The molecule has 1 amide bonds. The molecule has 0 unspecified atom stereocenters. The molecule has 2 saturated heterocycles. The third-order valence-electron chi connectivity index (χ3n) is 6.90. The minimum atomic E-state index is -3.77. The van der Waals surface area contributed by atoms with Crippen LogP contribution in [0.4, 0.5) is 0 Å². The van der Waals surface area contributed by atoms with Crippen LogP contribution in [0, 0.1) is 0 Å². The van der Waals surface area contributed by atoms with Gasteiger partial charge in [0.25, 0.3) is 5.91 Å². The molecule has 8 heteroatoms. The molecule has 1 N–H and O–H groups in total. The summed E-state index contributed by atoms with van der Waals surface area (Å²) in [7, 11) is -2.33. The number of likely N-dealkylation sites (tertiary alicyclic amines) is 1. The van der Waals surface area contributed by atoms with Crippen molar-refractivity contribution in [1.29, 1.82) is 0 Å². The molecule has 0 aromatic heterocycles. The van der Waals surface area contributed by atoms with Crippen LogP contribution in [-0.2, 0) is 23.1 Å². The second kappa shape index (κ2) is 10.9. The lowest BCUT2D eigenvalue weighted by Gasteiger charge is -2.32. The molecule has 2 aromatic carbocycles. The topological polar surface area (TPSA) is 79.0 Å². The van der Waals surface area contributed by atoms with E-state index in [4.69, 9.17) is 4.74 Å². The van der Waals surface area contributed by atoms with Crippen LogP contribution in [0.1, 0.15) is 60.5 Å². The third-order valence-corrected chi connectivity index (χ3v) is 8.94. The second-order valence-electron chi connectivity index (χ2n) is 9.26. The van der Waals surface area contributed by atoms with Gasteiger partial charge >= 0.3 is 0 Å². The van der Waals surface area contributed by atoms with Crippen molar-refractivity contribution in [1.82, 2.24) is 14.5 Å². The molecule has 0 radical (unpaired) electrons. The first-order valence-corrected chi connectivity index (χ1v) is 13.6. The van der Waals surface area contributed by atoms with Gasteiger partial charge in [-0.2, -0.15) is 4.31 Å². The van der Waals surface area contributed by atoms with Gasteiger partial charge in [0.05, 0.1) is 7.11 Å². The van der Waals surface area contributed by atoms with E-state index in [1.54, 1.807) is 12.1 Å². The molecule has 4 rings (SSSR count). The second-order valence-corrected chi connectivity index (χ2v) is 11.1. The fraction of sp³-hybridized carbons (Fsp3) is 0.500. The van der Waals surface area contributed by atoms with Crippen molar-refractivity contribution in [2.75, 3.05) is 26.7 Å². The first-order chi connectivity index (χ1) is 16.4. The summed E-state index contributed by atoms with van der Waals surface area (Å²) in [5, 5.41) is 2.98. The molecular weight excluding hydrogens is 450 g/mol. The molecule has 2 aliphatic rings. The zero-order valence-electron chi connectivity index (χ0n) is 20.1. The van der Waals surface area contributed by atoms with Crippen molar-refractivity contribution >= 4 is 15.9 Å². The van der Waals surface area contributed by atoms with Gasteiger partial charge in [-0.15, -0.1) is 0 Å². The Balaban J connectivity index is 1.51. The third kappa shape index (κ3) is 5.45. The lowest BCUT2D eigenvalue weighted by molar-refractivity contribution is 0.0950. The molecule has 2 heterocycles. The highest BCUT2D eigenvalue weighted by molar-refractivity contribution is 7.89. The Morgan fingerprint density at radius 2 is 1.74 bits per heavy atom.